The molecule has 0 aliphatic heterocycles. The number of aromatic nitrogens is 2. The van der Waals surface area contributed by atoms with Gasteiger partial charge in [-0.1, -0.05) is 11.6 Å². The Morgan fingerprint density at radius 3 is 2.76 bits per heavy atom. The highest BCUT2D eigenvalue weighted by atomic mass is 35.5. The zero-order valence-electron chi connectivity index (χ0n) is 18.1. The van der Waals surface area contributed by atoms with Gasteiger partial charge in [0, 0.05) is 30.6 Å². The number of aryl methyl sites for hydroxylation is 1. The van der Waals surface area contributed by atoms with Gasteiger partial charge in [-0.25, -0.2) is 10.4 Å². The zero-order chi connectivity index (χ0) is 23.5. The van der Waals surface area contributed by atoms with Crippen molar-refractivity contribution in [1.82, 2.24) is 15.0 Å². The minimum atomic E-state index is -0.379. The summed E-state index contributed by atoms with van der Waals surface area (Å²) in [7, 11) is 3.06. The largest absolute Gasteiger partial charge is 0.503 e. The molecule has 0 spiro atoms. The van der Waals surface area contributed by atoms with E-state index in [1.165, 1.54) is 30.7 Å². The third-order valence-electron chi connectivity index (χ3n) is 4.87. The number of rotatable bonds is 7. The summed E-state index contributed by atoms with van der Waals surface area (Å²) < 4.78 is 12.4. The molecule has 0 radical (unpaired) electrons. The molecule has 0 aliphatic carbocycles. The minimum absolute atomic E-state index is 0.119. The van der Waals surface area contributed by atoms with Gasteiger partial charge in [-0.15, -0.1) is 11.3 Å². The lowest BCUT2D eigenvalue weighted by Gasteiger charge is -2.09. The molecule has 0 aliphatic rings. The first-order chi connectivity index (χ1) is 15.9. The number of pyridine rings is 1. The van der Waals surface area contributed by atoms with Gasteiger partial charge < -0.3 is 19.1 Å². The summed E-state index contributed by atoms with van der Waals surface area (Å²) in [5.41, 5.74) is 5.64. The number of phenolic OH excluding ortho intramolecular Hbond substituents is 1. The van der Waals surface area contributed by atoms with Crippen molar-refractivity contribution < 1.29 is 19.4 Å². The Balaban J connectivity index is 1.71. The highest BCUT2D eigenvalue weighted by Gasteiger charge is 2.23. The van der Waals surface area contributed by atoms with Crippen molar-refractivity contribution in [2.24, 2.45) is 5.10 Å². The van der Waals surface area contributed by atoms with Gasteiger partial charge >= 0.3 is 0 Å². The average Bonchev–Trinajstić information content (AvgIpc) is 3.43. The molecule has 3 heterocycles. The van der Waals surface area contributed by atoms with Crippen LogP contribution in [0.3, 0.4) is 0 Å². The second-order valence-electron chi connectivity index (χ2n) is 7.16. The Kier molecular flexibility index (Phi) is 6.64. The molecule has 4 aromatic rings. The second-order valence-corrected chi connectivity index (χ2v) is 8.57. The number of thiophene rings is 1. The number of nitrogens with one attached hydrogen (secondary N) is 1. The van der Waals surface area contributed by atoms with Crippen LogP contribution >= 0.6 is 22.9 Å². The number of hydrogen-bond donors (Lipinski definition) is 2. The van der Waals surface area contributed by atoms with Crippen LogP contribution in [0.4, 0.5) is 0 Å². The summed E-state index contributed by atoms with van der Waals surface area (Å²) in [4.78, 5) is 19.0. The molecule has 0 bridgehead atoms. The molecule has 8 nitrogen and oxygen atoms in total. The van der Waals surface area contributed by atoms with E-state index in [2.05, 4.69) is 15.5 Å². The van der Waals surface area contributed by atoms with Crippen LogP contribution in [0.15, 0.2) is 47.8 Å². The van der Waals surface area contributed by atoms with Gasteiger partial charge in [0.05, 0.1) is 30.6 Å². The number of nitrogens with zero attached hydrogens (tertiary/aromatic N) is 3. The molecule has 2 N–H and O–H groups in total. The molecule has 0 fully saturated rings. The number of ether oxygens (including phenoxy) is 2. The normalized spacial score (nSPS) is 11.4. The fourth-order valence-electron chi connectivity index (χ4n) is 3.49. The van der Waals surface area contributed by atoms with Crippen LogP contribution in [-0.4, -0.2) is 41.0 Å². The van der Waals surface area contributed by atoms with E-state index in [-0.39, 0.29) is 22.4 Å². The summed E-state index contributed by atoms with van der Waals surface area (Å²) in [6.45, 7) is 2.31. The van der Waals surface area contributed by atoms with E-state index in [1.54, 1.807) is 13.2 Å². The molecule has 10 heteroatoms. The fourth-order valence-corrected chi connectivity index (χ4v) is 4.86. The van der Waals surface area contributed by atoms with Gasteiger partial charge in [-0.2, -0.15) is 5.10 Å². The van der Waals surface area contributed by atoms with Gasteiger partial charge in [-0.3, -0.25) is 4.79 Å². The molecule has 33 heavy (non-hydrogen) atoms. The van der Waals surface area contributed by atoms with E-state index in [0.29, 0.717) is 17.0 Å². The molecule has 1 amide bonds. The van der Waals surface area contributed by atoms with Crippen molar-refractivity contribution >= 4 is 45.3 Å². The van der Waals surface area contributed by atoms with Crippen LogP contribution in [0.1, 0.15) is 26.5 Å². The summed E-state index contributed by atoms with van der Waals surface area (Å²) >= 11 is 7.31. The van der Waals surface area contributed by atoms with Crippen LogP contribution in [0.25, 0.3) is 15.9 Å². The number of halogens is 1. The molecule has 0 saturated heterocycles. The van der Waals surface area contributed by atoms with E-state index in [9.17, 15) is 9.90 Å². The van der Waals surface area contributed by atoms with Crippen molar-refractivity contribution in [2.45, 2.75) is 13.5 Å². The summed E-state index contributed by atoms with van der Waals surface area (Å²) in [5.74, 6) is -0.325. The number of carbonyl (C=O) groups is 1. The minimum Gasteiger partial charge on any atom is -0.503 e. The number of phenols is 1. The first-order valence-corrected chi connectivity index (χ1v) is 11.1. The van der Waals surface area contributed by atoms with Crippen LogP contribution < -0.4 is 10.2 Å². The maximum Gasteiger partial charge on any atom is 0.283 e. The van der Waals surface area contributed by atoms with Gasteiger partial charge in [-0.05, 0) is 48.4 Å². The van der Waals surface area contributed by atoms with Crippen LogP contribution in [0.5, 0.6) is 11.5 Å². The van der Waals surface area contributed by atoms with Gasteiger partial charge in [0.25, 0.3) is 5.91 Å². The molecule has 0 atom stereocenters. The standard InChI is InChI=1S/C23H21ClN4O4S/c1-13-8-15(12-31-2)18-19(28-6-4-5-7-28)21(33-23(18)26-13)22(30)27-25-11-14-9-16(24)20(29)17(10-14)32-3/h4-11,29H,12H2,1-3H3,(H,27,30). The molecule has 3 aromatic heterocycles. The lowest BCUT2D eigenvalue weighted by atomic mass is 10.1. The maximum absolute atomic E-state index is 13.1. The quantitative estimate of drug-likeness (QED) is 0.293. The number of methoxy groups -OCH3 is 2. The van der Waals surface area contributed by atoms with Crippen molar-refractivity contribution in [3.8, 4) is 17.2 Å². The van der Waals surface area contributed by atoms with E-state index in [1.807, 2.05) is 42.1 Å². The Bertz CT molecular complexity index is 1350. The Morgan fingerprint density at radius 2 is 2.06 bits per heavy atom. The number of hydrogen-bond acceptors (Lipinski definition) is 7. The molecule has 0 unspecified atom stereocenters. The third kappa shape index (κ3) is 4.56. The Labute approximate surface area is 199 Å². The first-order valence-electron chi connectivity index (χ1n) is 9.88. The van der Waals surface area contributed by atoms with Crippen molar-refractivity contribution in [2.75, 3.05) is 14.2 Å². The zero-order valence-corrected chi connectivity index (χ0v) is 19.7. The Hall–Kier alpha value is -3.40. The van der Waals surface area contributed by atoms with Crippen LogP contribution in [0, 0.1) is 6.92 Å². The SMILES string of the molecule is COCc1cc(C)nc2sc(C(=O)NN=Cc3cc(Cl)c(O)c(OC)c3)c(-n3cccc3)c12. The lowest BCUT2D eigenvalue weighted by Crippen LogP contribution is -2.18. The lowest BCUT2D eigenvalue weighted by molar-refractivity contribution is 0.0959. The highest BCUT2D eigenvalue weighted by Crippen LogP contribution is 2.37. The van der Waals surface area contributed by atoms with E-state index < -0.39 is 0 Å². The molecule has 170 valence electrons. The fraction of sp³-hybridized carbons (Fsp3) is 0.174. The van der Waals surface area contributed by atoms with Gasteiger partial charge in [0.15, 0.2) is 11.5 Å². The molecule has 4 rings (SSSR count). The maximum atomic E-state index is 13.1. The Morgan fingerprint density at radius 1 is 1.30 bits per heavy atom. The number of aromatic hydroxyl groups is 1. The van der Waals surface area contributed by atoms with Gasteiger partial charge in [0.1, 0.15) is 9.71 Å². The predicted molar refractivity (Wildman–Crippen MR) is 129 cm³/mol. The van der Waals surface area contributed by atoms with E-state index in [0.717, 1.165) is 27.2 Å². The van der Waals surface area contributed by atoms with E-state index >= 15 is 0 Å². The smallest absolute Gasteiger partial charge is 0.283 e. The molecule has 0 saturated carbocycles. The topological polar surface area (TPSA) is 98.0 Å². The van der Waals surface area contributed by atoms with Crippen molar-refractivity contribution in [3.63, 3.8) is 0 Å². The third-order valence-corrected chi connectivity index (χ3v) is 6.23. The highest BCUT2D eigenvalue weighted by molar-refractivity contribution is 7.21. The second kappa shape index (κ2) is 9.62. The number of amides is 1. The van der Waals surface area contributed by atoms with Crippen molar-refractivity contribution in [3.05, 3.63) is 69.4 Å². The first kappa shape index (κ1) is 22.8. The van der Waals surface area contributed by atoms with Crippen LogP contribution in [0.2, 0.25) is 5.02 Å². The number of carbonyl (C=O) groups excluding carboxylic acids is 1. The number of benzene rings is 1. The van der Waals surface area contributed by atoms with Crippen LogP contribution in [-0.2, 0) is 11.3 Å². The molecular weight excluding hydrogens is 464 g/mol. The van der Waals surface area contributed by atoms with E-state index in [4.69, 9.17) is 21.1 Å². The number of fused-ring (bicyclic) bond motifs is 1. The predicted octanol–water partition coefficient (Wildman–Crippen LogP) is 4.67. The average molecular weight is 485 g/mol. The summed E-state index contributed by atoms with van der Waals surface area (Å²) in [5, 5.41) is 14.9. The molecular formula is C23H21ClN4O4S. The molecule has 1 aromatic carbocycles. The summed E-state index contributed by atoms with van der Waals surface area (Å²) in [6.07, 6.45) is 5.18. The monoisotopic (exact) mass is 484 g/mol. The van der Waals surface area contributed by atoms with Crippen molar-refractivity contribution in [1.29, 1.82) is 0 Å². The number of hydrazone groups is 1. The van der Waals surface area contributed by atoms with Gasteiger partial charge in [0.2, 0.25) is 0 Å². The summed E-state index contributed by atoms with van der Waals surface area (Å²) in [6, 6.07) is 8.83.